The number of nitrogens with zero attached hydrogens (tertiary/aromatic N) is 6. The molecule has 7 nitrogen and oxygen atoms in total. The van der Waals surface area contributed by atoms with E-state index in [-0.39, 0.29) is 12.1 Å². The van der Waals surface area contributed by atoms with E-state index in [0.717, 1.165) is 12.0 Å². The zero-order valence-corrected chi connectivity index (χ0v) is 10.3. The van der Waals surface area contributed by atoms with E-state index >= 15 is 0 Å². The molecule has 1 aromatic rings. The zero-order chi connectivity index (χ0) is 13.5. The summed E-state index contributed by atoms with van der Waals surface area (Å²) in [6, 6.07) is 9.07. The van der Waals surface area contributed by atoms with Crippen LogP contribution in [0.4, 0.5) is 0 Å². The van der Waals surface area contributed by atoms with Crippen molar-refractivity contribution in [1.82, 2.24) is 0 Å². The van der Waals surface area contributed by atoms with Gasteiger partial charge >= 0.3 is 0 Å². The van der Waals surface area contributed by atoms with Crippen molar-refractivity contribution in [2.24, 2.45) is 10.2 Å². The lowest BCUT2D eigenvalue weighted by Crippen LogP contribution is -2.27. The molecule has 98 valence electrons. The Bertz CT molecular complexity index is 506. The van der Waals surface area contributed by atoms with E-state index in [1.54, 1.807) is 0 Å². The van der Waals surface area contributed by atoms with Crippen LogP contribution in [0.15, 0.2) is 40.6 Å². The molecular formula is C12H14N6O. The van der Waals surface area contributed by atoms with E-state index in [2.05, 4.69) is 20.1 Å². The molecule has 1 aromatic carbocycles. The molecule has 0 spiro atoms. The Labute approximate surface area is 110 Å². The third kappa shape index (κ3) is 3.39. The van der Waals surface area contributed by atoms with E-state index in [1.165, 1.54) is 0 Å². The smallest absolute Gasteiger partial charge is 0.0720 e. The van der Waals surface area contributed by atoms with Crippen molar-refractivity contribution in [2.75, 3.05) is 0 Å². The first kappa shape index (κ1) is 13.2. The largest absolute Gasteiger partial charge is 0.373 e. The summed E-state index contributed by atoms with van der Waals surface area (Å²) >= 11 is 0. The van der Waals surface area contributed by atoms with Gasteiger partial charge in [0.15, 0.2) is 0 Å². The fourth-order valence-electron chi connectivity index (χ4n) is 2.29. The van der Waals surface area contributed by atoms with Crippen LogP contribution in [0.3, 0.4) is 0 Å². The average molecular weight is 258 g/mol. The number of azide groups is 2. The van der Waals surface area contributed by atoms with Crippen molar-refractivity contribution in [3.8, 4) is 0 Å². The normalized spacial score (nSPS) is 25.4. The maximum absolute atomic E-state index is 8.58. The Morgan fingerprint density at radius 3 is 2.53 bits per heavy atom. The Hall–Kier alpha value is -2.20. The molecule has 1 aliphatic rings. The second-order valence-corrected chi connectivity index (χ2v) is 4.38. The lowest BCUT2D eigenvalue weighted by molar-refractivity contribution is 0.0346. The molecule has 19 heavy (non-hydrogen) atoms. The Balaban J connectivity index is 1.99. The van der Waals surface area contributed by atoms with Crippen LogP contribution in [0.2, 0.25) is 0 Å². The van der Waals surface area contributed by atoms with Crippen LogP contribution in [0.25, 0.3) is 20.9 Å². The van der Waals surface area contributed by atoms with Crippen molar-refractivity contribution in [1.29, 1.82) is 0 Å². The van der Waals surface area contributed by atoms with Crippen LogP contribution in [-0.2, 0) is 11.3 Å². The second-order valence-electron chi connectivity index (χ2n) is 4.38. The fraction of sp³-hybridized carbons (Fsp3) is 0.500. The van der Waals surface area contributed by atoms with Gasteiger partial charge < -0.3 is 4.74 Å². The van der Waals surface area contributed by atoms with Crippen LogP contribution >= 0.6 is 0 Å². The number of hydrogen-bond donors (Lipinski definition) is 0. The van der Waals surface area contributed by atoms with Gasteiger partial charge in [-0.25, -0.2) is 0 Å². The fourth-order valence-corrected chi connectivity index (χ4v) is 2.29. The minimum atomic E-state index is -0.412. The summed E-state index contributed by atoms with van der Waals surface area (Å²) in [7, 11) is 0. The Morgan fingerprint density at radius 2 is 1.84 bits per heavy atom. The SMILES string of the molecule is [N-]=[N+]=NC1CCC(OCc2ccccc2)C1N=[N+]=[N-]. The maximum atomic E-state index is 8.58. The maximum Gasteiger partial charge on any atom is 0.0720 e. The van der Waals surface area contributed by atoms with Crippen molar-refractivity contribution in [2.45, 2.75) is 37.6 Å². The Kier molecular flexibility index (Phi) is 4.64. The summed E-state index contributed by atoms with van der Waals surface area (Å²) in [5.74, 6) is 0. The monoisotopic (exact) mass is 258 g/mol. The molecule has 0 bridgehead atoms. The van der Waals surface area contributed by atoms with E-state index in [1.807, 2.05) is 30.3 Å². The number of benzene rings is 1. The second kappa shape index (κ2) is 6.66. The lowest BCUT2D eigenvalue weighted by atomic mass is 10.2. The highest BCUT2D eigenvalue weighted by Crippen LogP contribution is 2.29. The summed E-state index contributed by atoms with van der Waals surface area (Å²) in [6.45, 7) is 0.464. The molecule has 1 aliphatic carbocycles. The first-order chi connectivity index (χ1) is 9.35. The first-order valence-corrected chi connectivity index (χ1v) is 6.09. The molecule has 0 saturated heterocycles. The van der Waals surface area contributed by atoms with Crippen molar-refractivity contribution < 1.29 is 4.74 Å². The van der Waals surface area contributed by atoms with Gasteiger partial charge in [-0.2, -0.15) is 0 Å². The first-order valence-electron chi connectivity index (χ1n) is 6.09. The summed E-state index contributed by atoms with van der Waals surface area (Å²) in [4.78, 5) is 5.61. The molecule has 0 radical (unpaired) electrons. The predicted molar refractivity (Wildman–Crippen MR) is 70.1 cm³/mol. The topological polar surface area (TPSA) is 107 Å². The molecule has 0 aromatic heterocycles. The molecule has 0 aliphatic heterocycles. The van der Waals surface area contributed by atoms with Gasteiger partial charge in [-0.15, -0.1) is 0 Å². The highest BCUT2D eigenvalue weighted by molar-refractivity contribution is 5.13. The zero-order valence-electron chi connectivity index (χ0n) is 10.3. The van der Waals surface area contributed by atoms with Crippen LogP contribution in [-0.4, -0.2) is 18.2 Å². The standard InChI is InChI=1S/C12H14N6O/c13-17-15-10-6-7-11(12(10)16-18-14)19-8-9-4-2-1-3-5-9/h1-5,10-12H,6-8H2. The lowest BCUT2D eigenvalue weighted by Gasteiger charge is -2.18. The van der Waals surface area contributed by atoms with Crippen LogP contribution in [0, 0.1) is 0 Å². The van der Waals surface area contributed by atoms with E-state index < -0.39 is 6.04 Å². The highest BCUT2D eigenvalue weighted by atomic mass is 16.5. The summed E-state index contributed by atoms with van der Waals surface area (Å²) in [5.41, 5.74) is 18.1. The predicted octanol–water partition coefficient (Wildman–Crippen LogP) is 3.72. The van der Waals surface area contributed by atoms with Gasteiger partial charge in [-0.1, -0.05) is 40.6 Å². The molecule has 7 heteroatoms. The molecule has 1 fully saturated rings. The van der Waals surface area contributed by atoms with Gasteiger partial charge in [0.25, 0.3) is 0 Å². The van der Waals surface area contributed by atoms with Crippen molar-refractivity contribution in [3.63, 3.8) is 0 Å². The van der Waals surface area contributed by atoms with Gasteiger partial charge in [-0.3, -0.25) is 0 Å². The summed E-state index contributed by atoms with van der Waals surface area (Å²) in [6.07, 6.45) is 1.24. The average Bonchev–Trinajstić information content (AvgIpc) is 2.81. The molecule has 1 saturated carbocycles. The molecular weight excluding hydrogens is 244 g/mol. The van der Waals surface area contributed by atoms with Gasteiger partial charge in [0.1, 0.15) is 0 Å². The quantitative estimate of drug-likeness (QED) is 0.447. The van der Waals surface area contributed by atoms with Crippen LogP contribution in [0.5, 0.6) is 0 Å². The number of hydrogen-bond acceptors (Lipinski definition) is 3. The third-order valence-electron chi connectivity index (χ3n) is 3.21. The highest BCUT2D eigenvalue weighted by Gasteiger charge is 2.35. The van der Waals surface area contributed by atoms with Crippen LogP contribution in [0.1, 0.15) is 18.4 Å². The molecule has 3 unspecified atom stereocenters. The third-order valence-corrected chi connectivity index (χ3v) is 3.21. The van der Waals surface area contributed by atoms with Gasteiger partial charge in [0, 0.05) is 15.9 Å². The van der Waals surface area contributed by atoms with Crippen molar-refractivity contribution >= 4 is 0 Å². The Morgan fingerprint density at radius 1 is 1.11 bits per heavy atom. The van der Waals surface area contributed by atoms with Gasteiger partial charge in [0.05, 0.1) is 18.8 Å². The molecule has 0 amide bonds. The van der Waals surface area contributed by atoms with E-state index in [9.17, 15) is 0 Å². The van der Waals surface area contributed by atoms with Crippen LogP contribution < -0.4 is 0 Å². The minimum Gasteiger partial charge on any atom is -0.373 e. The molecule has 0 heterocycles. The van der Waals surface area contributed by atoms with Crippen molar-refractivity contribution in [3.05, 3.63) is 56.8 Å². The molecule has 0 N–H and O–H groups in total. The number of rotatable bonds is 5. The molecule has 3 atom stereocenters. The summed E-state index contributed by atoms with van der Waals surface area (Å²) < 4.78 is 5.78. The van der Waals surface area contributed by atoms with Gasteiger partial charge in [0.2, 0.25) is 0 Å². The van der Waals surface area contributed by atoms with E-state index in [0.29, 0.717) is 13.0 Å². The van der Waals surface area contributed by atoms with Gasteiger partial charge in [-0.05, 0) is 29.5 Å². The number of ether oxygens (including phenoxy) is 1. The minimum absolute atomic E-state index is 0.188. The molecule has 2 rings (SSSR count). The van der Waals surface area contributed by atoms with E-state index in [4.69, 9.17) is 15.8 Å². The summed E-state index contributed by atoms with van der Waals surface area (Å²) in [5, 5.41) is 7.37.